The van der Waals surface area contributed by atoms with Crippen LogP contribution in [0.1, 0.15) is 26.2 Å². The minimum atomic E-state index is -0.191. The van der Waals surface area contributed by atoms with Crippen LogP contribution in [0.3, 0.4) is 0 Å². The van der Waals surface area contributed by atoms with E-state index in [9.17, 15) is 4.79 Å². The lowest BCUT2D eigenvalue weighted by molar-refractivity contribution is -0.119. The fourth-order valence-electron chi connectivity index (χ4n) is 4.22. The lowest BCUT2D eigenvalue weighted by Gasteiger charge is -2.47. The topological polar surface area (TPSA) is 77.2 Å². The summed E-state index contributed by atoms with van der Waals surface area (Å²) >= 11 is 0. The summed E-state index contributed by atoms with van der Waals surface area (Å²) in [5.74, 6) is 1.17. The van der Waals surface area contributed by atoms with Crippen LogP contribution in [0.2, 0.25) is 0 Å². The number of hydrogen-bond donors (Lipinski definition) is 2. The molecule has 0 aromatic heterocycles. The number of aliphatic imine (C=N–C) groups is 1. The van der Waals surface area contributed by atoms with Gasteiger partial charge in [-0.1, -0.05) is 0 Å². The first kappa shape index (κ1) is 20.7. The highest BCUT2D eigenvalue weighted by Gasteiger charge is 2.32. The SMILES string of the molecule is CCNC(=NCC1CN2CCN1CC2)N1CCCC(CC(N)=O)C1.I. The molecule has 4 heterocycles. The van der Waals surface area contributed by atoms with E-state index in [1.807, 2.05) is 0 Å². The summed E-state index contributed by atoms with van der Waals surface area (Å²) in [6.45, 7) is 11.7. The maximum absolute atomic E-state index is 11.2. The van der Waals surface area contributed by atoms with Gasteiger partial charge in [-0.15, -0.1) is 24.0 Å². The largest absolute Gasteiger partial charge is 0.370 e. The predicted octanol–water partition coefficient (Wildman–Crippen LogP) is 0.157. The maximum Gasteiger partial charge on any atom is 0.217 e. The van der Waals surface area contributed by atoms with Crippen molar-refractivity contribution in [2.24, 2.45) is 16.6 Å². The Kier molecular flexibility index (Phi) is 8.21. The van der Waals surface area contributed by atoms with Crippen molar-refractivity contribution in [1.29, 1.82) is 0 Å². The van der Waals surface area contributed by atoms with Crippen molar-refractivity contribution in [3.63, 3.8) is 0 Å². The van der Waals surface area contributed by atoms with Crippen LogP contribution in [-0.2, 0) is 4.79 Å². The van der Waals surface area contributed by atoms with Gasteiger partial charge >= 0.3 is 0 Å². The number of amides is 1. The van der Waals surface area contributed by atoms with Gasteiger partial charge in [0.05, 0.1) is 6.54 Å². The molecule has 2 bridgehead atoms. The number of carbonyl (C=O) groups is 1. The van der Waals surface area contributed by atoms with Gasteiger partial charge < -0.3 is 16.0 Å². The number of nitrogens with two attached hydrogens (primary N) is 1. The van der Waals surface area contributed by atoms with Crippen molar-refractivity contribution in [1.82, 2.24) is 20.0 Å². The Morgan fingerprint density at radius 3 is 2.56 bits per heavy atom. The fourth-order valence-corrected chi connectivity index (χ4v) is 4.22. The average Bonchev–Trinajstić information content (AvgIpc) is 2.59. The van der Waals surface area contributed by atoms with Gasteiger partial charge in [-0.2, -0.15) is 0 Å². The molecule has 7 nitrogen and oxygen atoms in total. The molecule has 2 unspecified atom stereocenters. The third kappa shape index (κ3) is 5.68. The lowest BCUT2D eigenvalue weighted by atomic mass is 9.95. The van der Waals surface area contributed by atoms with Crippen LogP contribution >= 0.6 is 24.0 Å². The average molecular weight is 464 g/mol. The van der Waals surface area contributed by atoms with Gasteiger partial charge in [0, 0.05) is 64.8 Å². The van der Waals surface area contributed by atoms with Crippen LogP contribution in [-0.4, -0.2) is 91.5 Å². The number of likely N-dealkylation sites (tertiary alicyclic amines) is 1. The van der Waals surface area contributed by atoms with E-state index in [0.29, 0.717) is 18.4 Å². The number of nitrogens with one attached hydrogen (secondary N) is 1. The van der Waals surface area contributed by atoms with Gasteiger partial charge in [0.15, 0.2) is 5.96 Å². The molecule has 25 heavy (non-hydrogen) atoms. The van der Waals surface area contributed by atoms with Crippen LogP contribution in [0.4, 0.5) is 0 Å². The summed E-state index contributed by atoms with van der Waals surface area (Å²) < 4.78 is 0. The third-order valence-electron chi connectivity index (χ3n) is 5.49. The summed E-state index contributed by atoms with van der Waals surface area (Å²) in [5, 5.41) is 3.44. The first-order valence-electron chi connectivity index (χ1n) is 9.43. The summed E-state index contributed by atoms with van der Waals surface area (Å²) in [7, 11) is 0. The standard InChI is InChI=1S/C17H32N6O.HI/c1-2-19-17(23-5-3-4-14(12-23)10-16(18)24)20-11-15-13-21-6-8-22(15)9-7-21;/h14-15H,2-13H2,1H3,(H2,18,24)(H,19,20);1H. The number of primary amides is 1. The van der Waals surface area contributed by atoms with Crippen LogP contribution < -0.4 is 11.1 Å². The number of rotatable bonds is 5. The van der Waals surface area contributed by atoms with Crippen molar-refractivity contribution in [2.75, 3.05) is 58.9 Å². The molecular formula is C17H33IN6O. The van der Waals surface area contributed by atoms with E-state index < -0.39 is 0 Å². The van der Waals surface area contributed by atoms with E-state index >= 15 is 0 Å². The van der Waals surface area contributed by atoms with E-state index in [4.69, 9.17) is 10.7 Å². The van der Waals surface area contributed by atoms with Gasteiger partial charge in [-0.05, 0) is 25.7 Å². The molecule has 0 aromatic carbocycles. The molecule has 2 atom stereocenters. The highest BCUT2D eigenvalue weighted by atomic mass is 127. The van der Waals surface area contributed by atoms with Gasteiger partial charge in [0.2, 0.25) is 5.91 Å². The van der Waals surface area contributed by atoms with Crippen LogP contribution in [0.15, 0.2) is 4.99 Å². The number of nitrogens with zero attached hydrogens (tertiary/aromatic N) is 4. The van der Waals surface area contributed by atoms with E-state index in [2.05, 4.69) is 26.9 Å². The van der Waals surface area contributed by atoms with E-state index in [-0.39, 0.29) is 29.9 Å². The zero-order chi connectivity index (χ0) is 16.9. The molecule has 0 saturated carbocycles. The maximum atomic E-state index is 11.2. The Labute approximate surface area is 168 Å². The normalized spacial score (nSPS) is 32.2. The lowest BCUT2D eigenvalue weighted by Crippen LogP contribution is -2.62. The van der Waals surface area contributed by atoms with Gasteiger partial charge in [0.25, 0.3) is 0 Å². The van der Waals surface area contributed by atoms with Gasteiger partial charge in [0.1, 0.15) is 0 Å². The Morgan fingerprint density at radius 2 is 1.96 bits per heavy atom. The molecule has 4 aliphatic rings. The number of piperazine rings is 3. The molecule has 4 fully saturated rings. The minimum Gasteiger partial charge on any atom is -0.370 e. The monoisotopic (exact) mass is 464 g/mol. The second-order valence-corrected chi connectivity index (χ2v) is 7.31. The Hall–Kier alpha value is -0.610. The number of guanidine groups is 1. The second-order valence-electron chi connectivity index (χ2n) is 7.31. The molecule has 0 aliphatic carbocycles. The predicted molar refractivity (Wildman–Crippen MR) is 111 cm³/mol. The highest BCUT2D eigenvalue weighted by Crippen LogP contribution is 2.20. The zero-order valence-electron chi connectivity index (χ0n) is 15.3. The van der Waals surface area contributed by atoms with Crippen molar-refractivity contribution in [3.05, 3.63) is 0 Å². The molecule has 1 amide bonds. The van der Waals surface area contributed by atoms with Crippen LogP contribution in [0.5, 0.6) is 0 Å². The molecule has 0 spiro atoms. The second kappa shape index (κ2) is 9.91. The molecule has 3 N–H and O–H groups in total. The Balaban J connectivity index is 0.00000225. The van der Waals surface area contributed by atoms with Gasteiger partial charge in [-0.25, -0.2) is 0 Å². The minimum absolute atomic E-state index is 0. The molecular weight excluding hydrogens is 431 g/mol. The summed E-state index contributed by atoms with van der Waals surface area (Å²) in [4.78, 5) is 23.6. The number of hydrogen-bond acceptors (Lipinski definition) is 4. The molecule has 4 aliphatic heterocycles. The molecule has 0 radical (unpaired) electrons. The number of carbonyl (C=O) groups excluding carboxylic acids is 1. The first-order valence-corrected chi connectivity index (χ1v) is 9.43. The number of halogens is 1. The first-order chi connectivity index (χ1) is 11.7. The molecule has 8 heteroatoms. The fraction of sp³-hybridized carbons (Fsp3) is 0.882. The summed E-state index contributed by atoms with van der Waals surface area (Å²) in [5.41, 5.74) is 5.38. The molecule has 4 saturated heterocycles. The van der Waals surface area contributed by atoms with E-state index in [0.717, 1.165) is 51.5 Å². The van der Waals surface area contributed by atoms with Crippen LogP contribution in [0.25, 0.3) is 0 Å². The van der Waals surface area contributed by atoms with Crippen molar-refractivity contribution in [3.8, 4) is 0 Å². The summed E-state index contributed by atoms with van der Waals surface area (Å²) in [6.07, 6.45) is 2.68. The quantitative estimate of drug-likeness (QED) is 0.345. The molecule has 0 aromatic rings. The molecule has 4 rings (SSSR count). The Bertz CT molecular complexity index is 466. The zero-order valence-corrected chi connectivity index (χ0v) is 17.7. The summed E-state index contributed by atoms with van der Waals surface area (Å²) in [6, 6.07) is 0.548. The van der Waals surface area contributed by atoms with Crippen molar-refractivity contribution in [2.45, 2.75) is 32.2 Å². The number of piperidine rings is 1. The smallest absolute Gasteiger partial charge is 0.217 e. The number of fused-ring (bicyclic) bond motifs is 3. The van der Waals surface area contributed by atoms with E-state index in [1.165, 1.54) is 26.2 Å². The van der Waals surface area contributed by atoms with Crippen molar-refractivity contribution >= 4 is 35.8 Å². The van der Waals surface area contributed by atoms with Crippen LogP contribution in [0, 0.1) is 5.92 Å². The highest BCUT2D eigenvalue weighted by molar-refractivity contribution is 14.0. The third-order valence-corrected chi connectivity index (χ3v) is 5.49. The molecule has 144 valence electrons. The van der Waals surface area contributed by atoms with E-state index in [1.54, 1.807) is 0 Å². The Morgan fingerprint density at radius 1 is 1.20 bits per heavy atom. The van der Waals surface area contributed by atoms with Gasteiger partial charge in [-0.3, -0.25) is 19.6 Å². The van der Waals surface area contributed by atoms with Crippen molar-refractivity contribution < 1.29 is 4.79 Å².